The highest BCUT2D eigenvalue weighted by molar-refractivity contribution is 7.98. The largest absolute Gasteiger partial charge is 0.354 e. The molecule has 0 unspecified atom stereocenters. The minimum Gasteiger partial charge on any atom is -0.354 e. The van der Waals surface area contributed by atoms with Gasteiger partial charge in [-0.1, -0.05) is 18.2 Å². The summed E-state index contributed by atoms with van der Waals surface area (Å²) in [6.45, 7) is 0. The Labute approximate surface area is 121 Å². The molecule has 0 radical (unpaired) electrons. The highest BCUT2D eigenvalue weighted by Gasteiger charge is 2.16. The van der Waals surface area contributed by atoms with Crippen LogP contribution in [0.1, 0.15) is 10.5 Å². The molecule has 0 aliphatic carbocycles. The molecule has 1 N–H and O–H groups in total. The molecule has 2 heterocycles. The van der Waals surface area contributed by atoms with Gasteiger partial charge in [-0.3, -0.25) is 13.8 Å². The van der Waals surface area contributed by atoms with Crippen LogP contribution >= 0.6 is 11.9 Å². The number of hydrogen-bond acceptors (Lipinski definition) is 3. The van der Waals surface area contributed by atoms with Gasteiger partial charge in [0.15, 0.2) is 0 Å². The van der Waals surface area contributed by atoms with Gasteiger partial charge in [0.1, 0.15) is 5.69 Å². The van der Waals surface area contributed by atoms with Crippen LogP contribution in [0.25, 0.3) is 11.0 Å². The quantitative estimate of drug-likeness (QED) is 0.804. The first kappa shape index (κ1) is 12.7. The Morgan fingerprint density at radius 2 is 2.00 bits per heavy atom. The average molecular weight is 283 g/mol. The van der Waals surface area contributed by atoms with Gasteiger partial charge in [0.2, 0.25) is 0 Å². The molecular formula is C15H13N3OS. The third kappa shape index (κ3) is 2.28. The first-order valence-electron chi connectivity index (χ1n) is 6.21. The zero-order valence-electron chi connectivity index (χ0n) is 10.9. The summed E-state index contributed by atoms with van der Waals surface area (Å²) < 4.78 is 1.91. The fraction of sp³-hybridized carbons (Fsp3) is 0.0667. The molecule has 0 atom stereocenters. The summed E-state index contributed by atoms with van der Waals surface area (Å²) in [6.07, 6.45) is 1.73. The van der Waals surface area contributed by atoms with E-state index < -0.39 is 0 Å². The number of fused-ring (bicyclic) bond motifs is 1. The standard InChI is InChI=1S/C15H13N3OS/c1-16-15(19)14-10-12-13(8-5-9-17-12)18(14)20-11-6-3-2-4-7-11/h2-10H,1H3,(H,16,19). The van der Waals surface area contributed by atoms with Gasteiger partial charge in [0.05, 0.1) is 11.0 Å². The lowest BCUT2D eigenvalue weighted by Gasteiger charge is -2.08. The summed E-state index contributed by atoms with van der Waals surface area (Å²) in [5, 5.41) is 2.67. The van der Waals surface area contributed by atoms with Gasteiger partial charge in [-0.15, -0.1) is 0 Å². The Balaban J connectivity index is 2.13. The molecule has 3 aromatic rings. The van der Waals surface area contributed by atoms with Crippen molar-refractivity contribution in [1.29, 1.82) is 0 Å². The number of amides is 1. The molecule has 5 heteroatoms. The van der Waals surface area contributed by atoms with Crippen molar-refractivity contribution in [1.82, 2.24) is 14.3 Å². The first-order chi connectivity index (χ1) is 9.79. The normalized spacial score (nSPS) is 10.7. The second-order valence-electron chi connectivity index (χ2n) is 4.22. The Kier molecular flexibility index (Phi) is 3.43. The number of benzene rings is 1. The predicted octanol–water partition coefficient (Wildman–Crippen LogP) is 2.95. The van der Waals surface area contributed by atoms with Crippen LogP contribution in [0.3, 0.4) is 0 Å². The molecule has 1 aromatic carbocycles. The van der Waals surface area contributed by atoms with E-state index in [1.54, 1.807) is 13.2 Å². The maximum Gasteiger partial charge on any atom is 0.268 e. The van der Waals surface area contributed by atoms with Gasteiger partial charge in [-0.2, -0.15) is 0 Å². The van der Waals surface area contributed by atoms with E-state index in [-0.39, 0.29) is 5.91 Å². The molecule has 1 amide bonds. The van der Waals surface area contributed by atoms with Crippen molar-refractivity contribution < 1.29 is 4.79 Å². The number of rotatable bonds is 3. The Hall–Kier alpha value is -2.27. The summed E-state index contributed by atoms with van der Waals surface area (Å²) in [7, 11) is 1.63. The lowest BCUT2D eigenvalue weighted by atomic mass is 10.3. The van der Waals surface area contributed by atoms with Crippen LogP contribution in [-0.4, -0.2) is 21.9 Å². The highest BCUT2D eigenvalue weighted by atomic mass is 32.2. The van der Waals surface area contributed by atoms with Crippen molar-refractivity contribution in [3.8, 4) is 0 Å². The summed E-state index contributed by atoms with van der Waals surface area (Å²) in [4.78, 5) is 17.4. The SMILES string of the molecule is CNC(=O)c1cc2ncccc2n1Sc1ccccc1. The van der Waals surface area contributed by atoms with Crippen LogP contribution in [-0.2, 0) is 0 Å². The molecule has 0 saturated carbocycles. The van der Waals surface area contributed by atoms with Crippen LogP contribution in [0.15, 0.2) is 59.6 Å². The van der Waals surface area contributed by atoms with Crippen LogP contribution in [0.2, 0.25) is 0 Å². The van der Waals surface area contributed by atoms with E-state index in [1.807, 2.05) is 52.5 Å². The zero-order valence-corrected chi connectivity index (χ0v) is 11.7. The van der Waals surface area contributed by atoms with Crippen LogP contribution in [0, 0.1) is 0 Å². The van der Waals surface area contributed by atoms with E-state index >= 15 is 0 Å². The third-order valence-corrected chi connectivity index (χ3v) is 3.99. The number of carbonyl (C=O) groups excluding carboxylic acids is 1. The molecule has 0 fully saturated rings. The minimum atomic E-state index is -0.119. The molecule has 0 aliphatic heterocycles. The lowest BCUT2D eigenvalue weighted by Crippen LogP contribution is -2.20. The molecule has 20 heavy (non-hydrogen) atoms. The first-order valence-corrected chi connectivity index (χ1v) is 6.99. The van der Waals surface area contributed by atoms with Crippen molar-refractivity contribution in [2.75, 3.05) is 7.05 Å². The van der Waals surface area contributed by atoms with Crippen LogP contribution < -0.4 is 5.32 Å². The Morgan fingerprint density at radius 1 is 1.20 bits per heavy atom. The smallest absolute Gasteiger partial charge is 0.268 e. The number of aromatic nitrogens is 2. The third-order valence-electron chi connectivity index (χ3n) is 2.93. The van der Waals surface area contributed by atoms with Crippen LogP contribution in [0.5, 0.6) is 0 Å². The molecule has 2 aromatic heterocycles. The molecule has 4 nitrogen and oxygen atoms in total. The number of carbonyl (C=O) groups is 1. The maximum absolute atomic E-state index is 12.0. The molecule has 0 bridgehead atoms. The van der Waals surface area contributed by atoms with Crippen LogP contribution in [0.4, 0.5) is 0 Å². The maximum atomic E-state index is 12.0. The number of nitrogens with zero attached hydrogens (tertiary/aromatic N) is 2. The zero-order chi connectivity index (χ0) is 13.9. The van der Waals surface area contributed by atoms with Gasteiger partial charge in [-0.25, -0.2) is 0 Å². The lowest BCUT2D eigenvalue weighted by molar-refractivity contribution is 0.0958. The van der Waals surface area contributed by atoms with E-state index in [2.05, 4.69) is 10.3 Å². The van der Waals surface area contributed by atoms with Crippen molar-refractivity contribution in [3.63, 3.8) is 0 Å². The molecule has 3 rings (SSSR count). The van der Waals surface area contributed by atoms with E-state index in [1.165, 1.54) is 11.9 Å². The average Bonchev–Trinajstić information content (AvgIpc) is 2.86. The monoisotopic (exact) mass is 283 g/mol. The fourth-order valence-corrected chi connectivity index (χ4v) is 2.96. The fourth-order valence-electron chi connectivity index (χ4n) is 1.98. The van der Waals surface area contributed by atoms with Gasteiger partial charge in [0, 0.05) is 18.1 Å². The minimum absolute atomic E-state index is 0.119. The predicted molar refractivity (Wildman–Crippen MR) is 80.8 cm³/mol. The summed E-state index contributed by atoms with van der Waals surface area (Å²) in [5.74, 6) is -0.119. The molecule has 0 spiro atoms. The van der Waals surface area contributed by atoms with Gasteiger partial charge in [0.25, 0.3) is 5.91 Å². The summed E-state index contributed by atoms with van der Waals surface area (Å²) in [5.41, 5.74) is 2.34. The van der Waals surface area contributed by atoms with Gasteiger partial charge in [-0.05, 0) is 42.3 Å². The number of nitrogens with one attached hydrogen (secondary N) is 1. The topological polar surface area (TPSA) is 46.9 Å². The van der Waals surface area contributed by atoms with E-state index in [4.69, 9.17) is 0 Å². The van der Waals surface area contributed by atoms with Crippen molar-refractivity contribution in [2.24, 2.45) is 0 Å². The molecule has 0 saturated heterocycles. The van der Waals surface area contributed by atoms with Crippen molar-refractivity contribution in [3.05, 3.63) is 60.4 Å². The van der Waals surface area contributed by atoms with Gasteiger partial charge < -0.3 is 5.32 Å². The number of pyridine rings is 1. The van der Waals surface area contributed by atoms with Gasteiger partial charge >= 0.3 is 0 Å². The molecular weight excluding hydrogens is 270 g/mol. The Bertz CT molecular complexity index is 752. The van der Waals surface area contributed by atoms with Crippen molar-refractivity contribution >= 4 is 28.9 Å². The Morgan fingerprint density at radius 3 is 2.75 bits per heavy atom. The summed E-state index contributed by atoms with van der Waals surface area (Å²) in [6, 6.07) is 15.6. The summed E-state index contributed by atoms with van der Waals surface area (Å²) >= 11 is 1.51. The number of hydrogen-bond donors (Lipinski definition) is 1. The van der Waals surface area contributed by atoms with Crippen molar-refractivity contribution in [2.45, 2.75) is 4.90 Å². The van der Waals surface area contributed by atoms with E-state index in [0.29, 0.717) is 5.69 Å². The molecule has 0 aliphatic rings. The second kappa shape index (κ2) is 5.38. The van der Waals surface area contributed by atoms with E-state index in [9.17, 15) is 4.79 Å². The second-order valence-corrected chi connectivity index (χ2v) is 5.23. The van der Waals surface area contributed by atoms with E-state index in [0.717, 1.165) is 15.9 Å². The molecule has 100 valence electrons. The highest BCUT2D eigenvalue weighted by Crippen LogP contribution is 2.28.